The van der Waals surface area contributed by atoms with Crippen LogP contribution in [0.15, 0.2) is 18.2 Å². The molecule has 1 aliphatic rings. The van der Waals surface area contributed by atoms with Gasteiger partial charge in [0, 0.05) is 6.54 Å². The third-order valence-corrected chi connectivity index (χ3v) is 2.44. The molecule has 1 N–H and O–H groups in total. The zero-order valence-corrected chi connectivity index (χ0v) is 9.67. The van der Waals surface area contributed by atoms with E-state index in [1.807, 2.05) is 0 Å². The zero-order valence-electron chi connectivity index (χ0n) is 9.67. The quantitative estimate of drug-likeness (QED) is 0.757. The molecule has 0 fully saturated rings. The highest BCUT2D eigenvalue weighted by molar-refractivity contribution is 5.55. The van der Waals surface area contributed by atoms with E-state index >= 15 is 0 Å². The highest BCUT2D eigenvalue weighted by Gasteiger charge is 2.11. The van der Waals surface area contributed by atoms with Crippen molar-refractivity contribution in [2.75, 3.05) is 11.9 Å². The average molecular weight is 202 g/mol. The van der Waals surface area contributed by atoms with Crippen LogP contribution in [0.2, 0.25) is 0 Å². The van der Waals surface area contributed by atoms with Crippen LogP contribution in [0.3, 0.4) is 0 Å². The summed E-state index contributed by atoms with van der Waals surface area (Å²) < 4.78 is 0. The van der Waals surface area contributed by atoms with Crippen LogP contribution in [0.25, 0.3) is 6.08 Å². The number of hydrogen-bond donors (Lipinski definition) is 1. The van der Waals surface area contributed by atoms with E-state index in [0.29, 0.717) is 0 Å². The Hall–Kier alpha value is -1.31. The van der Waals surface area contributed by atoms with E-state index in [9.17, 15) is 0 Å². The number of nitrogens with zero attached hydrogens (tertiary/aromatic N) is 1. The second-order valence-electron chi connectivity index (χ2n) is 5.12. The number of fused-ring (bicyclic) bond motifs is 1. The van der Waals surface area contributed by atoms with Crippen LogP contribution in [0.1, 0.15) is 32.0 Å². The molecule has 0 atom stereocenters. The standard InChI is InChI=1S/C13H18N2/c1-13(2,3)8-6-11-5-4-10-7-9-14-12(10)15-11/h4-6,8H,7,9H2,1-3H3,(H,14,15)/b8-6+. The first kappa shape index (κ1) is 10.2. The molecular formula is C13H18N2. The molecule has 2 heteroatoms. The molecule has 0 aliphatic carbocycles. The predicted octanol–water partition coefficient (Wildman–Crippen LogP) is 3.11. The summed E-state index contributed by atoms with van der Waals surface area (Å²) >= 11 is 0. The second-order valence-corrected chi connectivity index (χ2v) is 5.12. The third kappa shape index (κ3) is 2.58. The molecule has 0 radical (unpaired) electrons. The predicted molar refractivity (Wildman–Crippen MR) is 64.9 cm³/mol. The van der Waals surface area contributed by atoms with E-state index in [2.05, 4.69) is 55.4 Å². The topological polar surface area (TPSA) is 24.9 Å². The van der Waals surface area contributed by atoms with Crippen molar-refractivity contribution in [3.63, 3.8) is 0 Å². The smallest absolute Gasteiger partial charge is 0.129 e. The molecule has 0 unspecified atom stereocenters. The van der Waals surface area contributed by atoms with Gasteiger partial charge in [0.15, 0.2) is 0 Å². The van der Waals surface area contributed by atoms with Gasteiger partial charge in [0.05, 0.1) is 5.69 Å². The van der Waals surface area contributed by atoms with Gasteiger partial charge in [0.25, 0.3) is 0 Å². The molecule has 1 aliphatic heterocycles. The first-order valence-corrected chi connectivity index (χ1v) is 5.48. The first-order valence-electron chi connectivity index (χ1n) is 5.48. The lowest BCUT2D eigenvalue weighted by molar-refractivity contribution is 0.547. The van der Waals surface area contributed by atoms with E-state index in [1.165, 1.54) is 5.56 Å². The lowest BCUT2D eigenvalue weighted by Crippen LogP contribution is -1.99. The minimum Gasteiger partial charge on any atom is -0.369 e. The summed E-state index contributed by atoms with van der Waals surface area (Å²) in [6.07, 6.45) is 5.39. The Bertz CT molecular complexity index is 386. The fourth-order valence-corrected chi connectivity index (χ4v) is 1.60. The average Bonchev–Trinajstić information content (AvgIpc) is 2.60. The maximum Gasteiger partial charge on any atom is 0.129 e. The molecule has 2 nitrogen and oxygen atoms in total. The Morgan fingerprint density at radius 1 is 1.33 bits per heavy atom. The molecule has 0 saturated carbocycles. The van der Waals surface area contributed by atoms with E-state index in [0.717, 1.165) is 24.5 Å². The van der Waals surface area contributed by atoms with Crippen LogP contribution in [0.5, 0.6) is 0 Å². The van der Waals surface area contributed by atoms with Crippen molar-refractivity contribution in [3.05, 3.63) is 29.5 Å². The van der Waals surface area contributed by atoms with Crippen molar-refractivity contribution in [1.82, 2.24) is 4.98 Å². The van der Waals surface area contributed by atoms with Gasteiger partial charge in [-0.3, -0.25) is 0 Å². The van der Waals surface area contributed by atoms with Crippen molar-refractivity contribution in [1.29, 1.82) is 0 Å². The highest BCUT2D eigenvalue weighted by Crippen LogP contribution is 2.21. The molecule has 0 aromatic carbocycles. The summed E-state index contributed by atoms with van der Waals surface area (Å²) in [5.41, 5.74) is 2.59. The fourth-order valence-electron chi connectivity index (χ4n) is 1.60. The summed E-state index contributed by atoms with van der Waals surface area (Å²) in [7, 11) is 0. The van der Waals surface area contributed by atoms with Gasteiger partial charge in [0.1, 0.15) is 5.82 Å². The molecule has 2 rings (SSSR count). The molecule has 0 bridgehead atoms. The van der Waals surface area contributed by atoms with Gasteiger partial charge in [-0.2, -0.15) is 0 Å². The van der Waals surface area contributed by atoms with Crippen molar-refractivity contribution in [2.24, 2.45) is 5.41 Å². The van der Waals surface area contributed by atoms with Crippen LogP contribution in [-0.4, -0.2) is 11.5 Å². The fraction of sp³-hybridized carbons (Fsp3) is 0.462. The van der Waals surface area contributed by atoms with E-state index in [-0.39, 0.29) is 5.41 Å². The van der Waals surface area contributed by atoms with Crippen LogP contribution in [-0.2, 0) is 6.42 Å². The first-order chi connectivity index (χ1) is 7.04. The summed E-state index contributed by atoms with van der Waals surface area (Å²) in [4.78, 5) is 4.56. The SMILES string of the molecule is CC(C)(C)/C=C/c1ccc2c(n1)NCC2. The lowest BCUT2D eigenvalue weighted by Gasteiger charge is -2.10. The number of nitrogens with one attached hydrogen (secondary N) is 1. The number of pyridine rings is 1. The summed E-state index contributed by atoms with van der Waals surface area (Å²) in [5, 5.41) is 3.29. The van der Waals surface area contributed by atoms with Crippen LogP contribution in [0.4, 0.5) is 5.82 Å². The number of rotatable bonds is 1. The molecule has 80 valence electrons. The van der Waals surface area contributed by atoms with Gasteiger partial charge in [-0.1, -0.05) is 32.9 Å². The summed E-state index contributed by atoms with van der Waals surface area (Å²) in [5.74, 6) is 1.06. The molecule has 1 aromatic heterocycles. The van der Waals surface area contributed by atoms with Crippen molar-refractivity contribution < 1.29 is 0 Å². The third-order valence-electron chi connectivity index (χ3n) is 2.44. The van der Waals surface area contributed by atoms with Crippen molar-refractivity contribution in [2.45, 2.75) is 27.2 Å². The van der Waals surface area contributed by atoms with Crippen LogP contribution >= 0.6 is 0 Å². The largest absolute Gasteiger partial charge is 0.369 e. The summed E-state index contributed by atoms with van der Waals surface area (Å²) in [6.45, 7) is 7.59. The molecule has 0 spiro atoms. The van der Waals surface area contributed by atoms with E-state index < -0.39 is 0 Å². The number of hydrogen-bond acceptors (Lipinski definition) is 2. The van der Waals surface area contributed by atoms with Gasteiger partial charge in [-0.05, 0) is 29.5 Å². The lowest BCUT2D eigenvalue weighted by atomic mass is 9.96. The Kier molecular flexibility index (Phi) is 2.51. The Balaban J connectivity index is 2.20. The molecule has 1 aromatic rings. The van der Waals surface area contributed by atoms with Crippen molar-refractivity contribution in [3.8, 4) is 0 Å². The van der Waals surface area contributed by atoms with Gasteiger partial charge < -0.3 is 5.32 Å². The number of anilines is 1. The molecule has 15 heavy (non-hydrogen) atoms. The van der Waals surface area contributed by atoms with Gasteiger partial charge in [0.2, 0.25) is 0 Å². The molecule has 2 heterocycles. The zero-order chi connectivity index (χ0) is 10.9. The van der Waals surface area contributed by atoms with Crippen molar-refractivity contribution >= 4 is 11.9 Å². The monoisotopic (exact) mass is 202 g/mol. The Morgan fingerprint density at radius 2 is 2.13 bits per heavy atom. The number of allylic oxidation sites excluding steroid dienone is 1. The molecule has 0 saturated heterocycles. The summed E-state index contributed by atoms with van der Waals surface area (Å²) in [6, 6.07) is 4.26. The second kappa shape index (κ2) is 3.69. The highest BCUT2D eigenvalue weighted by atomic mass is 15.0. The Labute approximate surface area is 91.4 Å². The normalized spacial score (nSPS) is 15.4. The molecule has 0 amide bonds. The molecular weight excluding hydrogens is 184 g/mol. The maximum absolute atomic E-state index is 4.56. The maximum atomic E-state index is 4.56. The Morgan fingerprint density at radius 3 is 2.87 bits per heavy atom. The van der Waals surface area contributed by atoms with Crippen LogP contribution < -0.4 is 5.32 Å². The van der Waals surface area contributed by atoms with Gasteiger partial charge in [-0.15, -0.1) is 0 Å². The van der Waals surface area contributed by atoms with Gasteiger partial charge >= 0.3 is 0 Å². The minimum absolute atomic E-state index is 0.216. The van der Waals surface area contributed by atoms with E-state index in [1.54, 1.807) is 0 Å². The minimum atomic E-state index is 0.216. The number of aromatic nitrogens is 1. The van der Waals surface area contributed by atoms with E-state index in [4.69, 9.17) is 0 Å². The van der Waals surface area contributed by atoms with Gasteiger partial charge in [-0.25, -0.2) is 4.98 Å². The van der Waals surface area contributed by atoms with Crippen LogP contribution in [0, 0.1) is 5.41 Å².